The first-order valence-corrected chi connectivity index (χ1v) is 8.97. The molecule has 0 amide bonds. The second kappa shape index (κ2) is 8.79. The molecule has 2 aromatic rings. The van der Waals surface area contributed by atoms with Gasteiger partial charge >= 0.3 is 18.5 Å². The quantitative estimate of drug-likeness (QED) is 0.211. The molecule has 34 heavy (non-hydrogen) atoms. The van der Waals surface area contributed by atoms with Crippen LogP contribution in [0.5, 0.6) is 0 Å². The number of hydrogen-bond donors (Lipinski definition) is 0. The highest BCUT2D eigenvalue weighted by Gasteiger charge is 2.60. The maximum atomic E-state index is 13.8. The molecule has 2 aromatic carbocycles. The molecule has 0 bridgehead atoms. The zero-order valence-electron chi connectivity index (χ0n) is 17.1. The third-order valence-corrected chi connectivity index (χ3v) is 4.91. The Morgan fingerprint density at radius 1 is 0.676 bits per heavy atom. The molecule has 9 nitrogen and oxygen atoms in total. The van der Waals surface area contributed by atoms with E-state index in [1.165, 1.54) is 0 Å². The van der Waals surface area contributed by atoms with Crippen molar-refractivity contribution < 1.29 is 50.5 Å². The highest BCUT2D eigenvalue weighted by Crippen LogP contribution is 2.46. The lowest BCUT2D eigenvalue weighted by Crippen LogP contribution is -2.48. The molecular weight excluding hydrogens is 482 g/mol. The first-order valence-electron chi connectivity index (χ1n) is 8.97. The van der Waals surface area contributed by atoms with E-state index >= 15 is 0 Å². The van der Waals surface area contributed by atoms with E-state index in [0.29, 0.717) is 62.4 Å². The fourth-order valence-corrected chi connectivity index (χ4v) is 2.72. The Kier molecular flexibility index (Phi) is 6.81. The lowest BCUT2D eigenvalue weighted by atomic mass is 9.94. The standard InChI is InChI=1S/C19H14F6N2O7/c1-16(18(20,21)22,11-3-7-13(8-4-11)26(29)30)33-15(28)34-17(2,19(23,24)25)12-5-9-14(10-6-12)27(31)32/h3-10H,1-2H3/t16-,17-/m0/s1. The lowest BCUT2D eigenvalue weighted by molar-refractivity contribution is -0.385. The van der Waals surface area contributed by atoms with Crippen LogP contribution in [0, 0.1) is 20.2 Å². The summed E-state index contributed by atoms with van der Waals surface area (Å²) >= 11 is 0. The van der Waals surface area contributed by atoms with Gasteiger partial charge in [0.05, 0.1) is 9.85 Å². The molecule has 0 spiro atoms. The Labute approximate surface area is 186 Å². The van der Waals surface area contributed by atoms with Crippen LogP contribution in [-0.2, 0) is 20.7 Å². The summed E-state index contributed by atoms with van der Waals surface area (Å²) in [5.74, 6) is 0. The van der Waals surface area contributed by atoms with E-state index in [9.17, 15) is 51.4 Å². The van der Waals surface area contributed by atoms with Gasteiger partial charge in [-0.15, -0.1) is 0 Å². The first kappa shape index (κ1) is 26.3. The summed E-state index contributed by atoms with van der Waals surface area (Å²) in [4.78, 5) is 31.8. The Morgan fingerprint density at radius 3 is 1.15 bits per heavy atom. The normalized spacial score (nSPS) is 15.5. The van der Waals surface area contributed by atoms with E-state index in [0.717, 1.165) is 0 Å². The fourth-order valence-electron chi connectivity index (χ4n) is 2.72. The minimum atomic E-state index is -5.37. The number of benzene rings is 2. The van der Waals surface area contributed by atoms with Gasteiger partial charge < -0.3 is 9.47 Å². The molecule has 0 N–H and O–H groups in total. The Bertz CT molecular complexity index is 1000. The molecule has 0 aromatic heterocycles. The molecule has 0 radical (unpaired) electrons. The molecular formula is C19H14F6N2O7. The number of carbonyl (C=O) groups is 1. The van der Waals surface area contributed by atoms with E-state index in [-0.39, 0.29) is 0 Å². The molecule has 0 aliphatic rings. The van der Waals surface area contributed by atoms with E-state index in [1.54, 1.807) is 0 Å². The van der Waals surface area contributed by atoms with Crippen molar-refractivity contribution in [1.29, 1.82) is 0 Å². The van der Waals surface area contributed by atoms with Gasteiger partial charge in [-0.3, -0.25) is 20.2 Å². The van der Waals surface area contributed by atoms with Crippen molar-refractivity contribution in [2.75, 3.05) is 0 Å². The van der Waals surface area contributed by atoms with E-state index in [2.05, 4.69) is 9.47 Å². The van der Waals surface area contributed by atoms with Crippen molar-refractivity contribution in [1.82, 2.24) is 0 Å². The number of ether oxygens (including phenoxy) is 2. The molecule has 0 fully saturated rings. The minimum absolute atomic E-state index is 0.326. The van der Waals surface area contributed by atoms with Crippen LogP contribution in [0.25, 0.3) is 0 Å². The molecule has 0 aliphatic carbocycles. The maximum absolute atomic E-state index is 13.8. The van der Waals surface area contributed by atoms with Gasteiger partial charge in [-0.1, -0.05) is 0 Å². The van der Waals surface area contributed by atoms with Crippen LogP contribution in [0.4, 0.5) is 42.5 Å². The van der Waals surface area contributed by atoms with Gasteiger partial charge in [0.15, 0.2) is 0 Å². The molecule has 0 unspecified atom stereocenters. The number of hydrogen-bond acceptors (Lipinski definition) is 7. The third-order valence-electron chi connectivity index (χ3n) is 4.91. The van der Waals surface area contributed by atoms with E-state index < -0.39 is 62.1 Å². The zero-order chi connectivity index (χ0) is 26.1. The molecule has 15 heteroatoms. The zero-order valence-corrected chi connectivity index (χ0v) is 17.1. The number of carbonyl (C=O) groups excluding carboxylic acids is 1. The predicted molar refractivity (Wildman–Crippen MR) is 101 cm³/mol. The fraction of sp³-hybridized carbons (Fsp3) is 0.316. The number of rotatable bonds is 6. The summed E-state index contributed by atoms with van der Waals surface area (Å²) in [5, 5.41) is 21.4. The number of halogens is 6. The van der Waals surface area contributed by atoms with Crippen LogP contribution in [0.15, 0.2) is 48.5 Å². The largest absolute Gasteiger partial charge is 0.510 e. The number of nitro groups is 2. The van der Waals surface area contributed by atoms with Crippen LogP contribution >= 0.6 is 0 Å². The molecule has 0 saturated heterocycles. The average Bonchev–Trinajstić information content (AvgIpc) is 2.72. The lowest BCUT2D eigenvalue weighted by Gasteiger charge is -2.35. The van der Waals surface area contributed by atoms with Gasteiger partial charge in [0.1, 0.15) is 0 Å². The summed E-state index contributed by atoms with van der Waals surface area (Å²) in [6.07, 6.45) is -13.1. The number of nitro benzene ring substituents is 2. The van der Waals surface area contributed by atoms with Gasteiger partial charge in [0.25, 0.3) is 11.4 Å². The monoisotopic (exact) mass is 496 g/mol. The maximum Gasteiger partial charge on any atom is 0.510 e. The van der Waals surface area contributed by atoms with Crippen molar-refractivity contribution in [2.24, 2.45) is 0 Å². The van der Waals surface area contributed by atoms with Gasteiger partial charge in [-0.05, 0) is 38.1 Å². The second-order valence-electron chi connectivity index (χ2n) is 7.12. The number of non-ortho nitro benzene ring substituents is 2. The molecule has 2 rings (SSSR count). The molecule has 0 aliphatic heterocycles. The summed E-state index contributed by atoms with van der Waals surface area (Å²) in [6, 6.07) is 5.23. The SMILES string of the molecule is C[C@](OC(=O)O[C@@](C)(c1ccc([N+](=O)[O-])cc1)C(F)(F)F)(c1ccc([N+](=O)[O-])cc1)C(F)(F)F. The minimum Gasteiger partial charge on any atom is -0.413 e. The summed E-state index contributed by atoms with van der Waals surface area (Å²) in [7, 11) is 0. The van der Waals surface area contributed by atoms with E-state index in [4.69, 9.17) is 0 Å². The smallest absolute Gasteiger partial charge is 0.413 e. The average molecular weight is 496 g/mol. The summed E-state index contributed by atoms with van der Waals surface area (Å²) in [6.45, 7) is 0.651. The van der Waals surface area contributed by atoms with Crippen LogP contribution in [-0.4, -0.2) is 28.4 Å². The van der Waals surface area contributed by atoms with E-state index in [1.807, 2.05) is 0 Å². The highest BCUT2D eigenvalue weighted by molar-refractivity contribution is 5.62. The topological polar surface area (TPSA) is 122 Å². The molecule has 2 atom stereocenters. The van der Waals surface area contributed by atoms with Crippen LogP contribution in [0.3, 0.4) is 0 Å². The van der Waals surface area contributed by atoms with Gasteiger partial charge in [0, 0.05) is 35.4 Å². The van der Waals surface area contributed by atoms with Crippen molar-refractivity contribution in [3.05, 3.63) is 79.9 Å². The van der Waals surface area contributed by atoms with Gasteiger partial charge in [-0.2, -0.15) is 26.3 Å². The predicted octanol–water partition coefficient (Wildman–Crippen LogP) is 5.91. The second-order valence-corrected chi connectivity index (χ2v) is 7.12. The molecule has 0 saturated carbocycles. The van der Waals surface area contributed by atoms with Crippen LogP contribution in [0.1, 0.15) is 25.0 Å². The summed E-state index contributed by atoms with van der Waals surface area (Å²) in [5.41, 5.74) is -9.90. The Balaban J connectivity index is 2.43. The van der Waals surface area contributed by atoms with Crippen molar-refractivity contribution in [3.63, 3.8) is 0 Å². The first-order chi connectivity index (χ1) is 15.4. The van der Waals surface area contributed by atoms with Crippen molar-refractivity contribution in [2.45, 2.75) is 37.4 Å². The van der Waals surface area contributed by atoms with Crippen molar-refractivity contribution in [3.8, 4) is 0 Å². The molecule has 0 heterocycles. The third kappa shape index (κ3) is 5.02. The van der Waals surface area contributed by atoms with Crippen molar-refractivity contribution >= 4 is 17.5 Å². The summed E-state index contributed by atoms with van der Waals surface area (Å²) < 4.78 is 91.2. The number of alkyl halides is 6. The van der Waals surface area contributed by atoms with Gasteiger partial charge in [0.2, 0.25) is 11.2 Å². The Hall–Kier alpha value is -3.91. The van der Waals surface area contributed by atoms with Crippen LogP contribution in [0.2, 0.25) is 0 Å². The number of nitrogens with zero attached hydrogens (tertiary/aromatic N) is 2. The van der Waals surface area contributed by atoms with Crippen LogP contribution < -0.4 is 0 Å². The van der Waals surface area contributed by atoms with Gasteiger partial charge in [-0.25, -0.2) is 4.79 Å². The molecule has 184 valence electrons. The Morgan fingerprint density at radius 2 is 0.941 bits per heavy atom. The highest BCUT2D eigenvalue weighted by atomic mass is 19.4.